The highest BCUT2D eigenvalue weighted by Gasteiger charge is 2.10. The van der Waals surface area contributed by atoms with Crippen molar-refractivity contribution in [1.29, 1.82) is 0 Å². The van der Waals surface area contributed by atoms with E-state index in [2.05, 4.69) is 10.2 Å². The second-order valence-corrected chi connectivity index (χ2v) is 4.79. The first kappa shape index (κ1) is 15.0. The zero-order chi connectivity index (χ0) is 15.2. The van der Waals surface area contributed by atoms with Crippen LogP contribution in [-0.4, -0.2) is 28.4 Å². The zero-order valence-electron chi connectivity index (χ0n) is 12.1. The first-order valence-corrected chi connectivity index (χ1v) is 6.79. The van der Waals surface area contributed by atoms with Gasteiger partial charge in [0.05, 0.1) is 7.11 Å². The van der Waals surface area contributed by atoms with Crippen LogP contribution < -0.4 is 4.74 Å². The third-order valence-electron chi connectivity index (χ3n) is 3.15. The average molecular weight is 290 g/mol. The lowest BCUT2D eigenvalue weighted by Gasteiger charge is -2.04. The minimum atomic E-state index is -0.784. The van der Waals surface area contributed by atoms with E-state index in [0.29, 0.717) is 31.0 Å². The molecule has 0 fully saturated rings. The van der Waals surface area contributed by atoms with E-state index in [1.165, 1.54) is 0 Å². The third-order valence-corrected chi connectivity index (χ3v) is 3.15. The number of carboxylic acids is 1. The number of methoxy groups -OCH3 is 1. The third kappa shape index (κ3) is 4.05. The lowest BCUT2D eigenvalue weighted by atomic mass is 10.1. The fraction of sp³-hybridized carbons (Fsp3) is 0.400. The van der Waals surface area contributed by atoms with Gasteiger partial charge in [-0.15, -0.1) is 10.2 Å². The van der Waals surface area contributed by atoms with Gasteiger partial charge in [0.25, 0.3) is 0 Å². The Morgan fingerprint density at radius 3 is 2.86 bits per heavy atom. The van der Waals surface area contributed by atoms with Crippen molar-refractivity contribution in [3.05, 3.63) is 29.7 Å². The number of carbonyl (C=O) groups is 1. The van der Waals surface area contributed by atoms with Crippen LogP contribution in [0.2, 0.25) is 0 Å². The molecule has 0 aliphatic carbocycles. The van der Waals surface area contributed by atoms with Gasteiger partial charge in [0, 0.05) is 18.4 Å². The number of carboxylic acid groups (broad SMARTS) is 1. The van der Waals surface area contributed by atoms with Crippen LogP contribution in [0.3, 0.4) is 0 Å². The Kier molecular flexibility index (Phi) is 4.92. The molecular weight excluding hydrogens is 272 g/mol. The monoisotopic (exact) mass is 290 g/mol. The topological polar surface area (TPSA) is 85.5 Å². The Morgan fingerprint density at radius 2 is 2.14 bits per heavy atom. The Hall–Kier alpha value is -2.37. The van der Waals surface area contributed by atoms with Crippen molar-refractivity contribution < 1.29 is 19.1 Å². The fourth-order valence-electron chi connectivity index (χ4n) is 1.98. The molecule has 0 aliphatic heterocycles. The van der Waals surface area contributed by atoms with E-state index in [4.69, 9.17) is 14.3 Å². The Balaban J connectivity index is 2.01. The molecule has 0 atom stereocenters. The number of ether oxygens (including phenoxy) is 1. The molecule has 0 spiro atoms. The summed E-state index contributed by atoms with van der Waals surface area (Å²) in [4.78, 5) is 10.4. The normalized spacial score (nSPS) is 10.6. The number of nitrogens with zero attached hydrogens (tertiary/aromatic N) is 2. The van der Waals surface area contributed by atoms with E-state index in [-0.39, 0.29) is 6.42 Å². The van der Waals surface area contributed by atoms with E-state index < -0.39 is 5.97 Å². The molecule has 0 aliphatic rings. The maximum absolute atomic E-state index is 10.4. The fourth-order valence-corrected chi connectivity index (χ4v) is 1.98. The van der Waals surface area contributed by atoms with Crippen LogP contribution in [-0.2, 0) is 11.2 Å². The number of hydrogen-bond acceptors (Lipinski definition) is 5. The summed E-state index contributed by atoms with van der Waals surface area (Å²) < 4.78 is 10.9. The molecular formula is C15H18N2O4. The molecule has 6 heteroatoms. The van der Waals surface area contributed by atoms with E-state index in [9.17, 15) is 4.79 Å². The van der Waals surface area contributed by atoms with E-state index in [1.807, 2.05) is 25.1 Å². The minimum absolute atomic E-state index is 0.163. The van der Waals surface area contributed by atoms with Gasteiger partial charge in [0.15, 0.2) is 0 Å². The van der Waals surface area contributed by atoms with Crippen LogP contribution in [0.1, 0.15) is 30.7 Å². The lowest BCUT2D eigenvalue weighted by molar-refractivity contribution is -0.137. The summed E-state index contributed by atoms with van der Waals surface area (Å²) >= 11 is 0. The van der Waals surface area contributed by atoms with Crippen molar-refractivity contribution in [3.8, 4) is 17.2 Å². The molecule has 1 N–H and O–H groups in total. The van der Waals surface area contributed by atoms with Crippen molar-refractivity contribution in [2.24, 2.45) is 0 Å². The SMILES string of the molecule is COc1cc(-c2nnc(CCCCC(=O)O)o2)ccc1C. The molecule has 6 nitrogen and oxygen atoms in total. The molecule has 0 unspecified atom stereocenters. The van der Waals surface area contributed by atoms with Crippen molar-refractivity contribution in [1.82, 2.24) is 10.2 Å². The van der Waals surface area contributed by atoms with Gasteiger partial charge < -0.3 is 14.3 Å². The molecule has 1 aromatic heterocycles. The van der Waals surface area contributed by atoms with E-state index >= 15 is 0 Å². The molecule has 2 aromatic rings. The van der Waals surface area contributed by atoms with Crippen LogP contribution >= 0.6 is 0 Å². The summed E-state index contributed by atoms with van der Waals surface area (Å²) in [7, 11) is 1.62. The summed E-state index contributed by atoms with van der Waals surface area (Å²) in [6.45, 7) is 1.96. The van der Waals surface area contributed by atoms with Crippen molar-refractivity contribution in [2.45, 2.75) is 32.6 Å². The standard InChI is InChI=1S/C15H18N2O4/c1-10-7-8-11(9-12(10)20-2)15-17-16-13(21-15)5-3-4-6-14(18)19/h7-9H,3-6H2,1-2H3,(H,18,19). The van der Waals surface area contributed by atoms with Crippen molar-refractivity contribution in [3.63, 3.8) is 0 Å². The van der Waals surface area contributed by atoms with Crippen molar-refractivity contribution >= 4 is 5.97 Å². The molecule has 0 amide bonds. The van der Waals surface area contributed by atoms with E-state index in [0.717, 1.165) is 16.9 Å². The smallest absolute Gasteiger partial charge is 0.303 e. The van der Waals surface area contributed by atoms with Gasteiger partial charge in [-0.05, 0) is 37.5 Å². The summed E-state index contributed by atoms with van der Waals surface area (Å²) in [6, 6.07) is 5.70. The largest absolute Gasteiger partial charge is 0.496 e. The predicted molar refractivity (Wildman–Crippen MR) is 76.2 cm³/mol. The number of rotatable bonds is 7. The molecule has 0 bridgehead atoms. The van der Waals surface area contributed by atoms with Gasteiger partial charge in [-0.25, -0.2) is 0 Å². The maximum Gasteiger partial charge on any atom is 0.303 e. The lowest BCUT2D eigenvalue weighted by Crippen LogP contribution is -1.95. The molecule has 0 saturated heterocycles. The number of aryl methyl sites for hydroxylation is 2. The Labute approximate surface area is 122 Å². The van der Waals surface area contributed by atoms with Crippen molar-refractivity contribution in [2.75, 3.05) is 7.11 Å². The Morgan fingerprint density at radius 1 is 1.33 bits per heavy atom. The molecule has 1 aromatic carbocycles. The molecule has 0 saturated carbocycles. The highest BCUT2D eigenvalue weighted by Crippen LogP contribution is 2.26. The molecule has 2 rings (SSSR count). The highest BCUT2D eigenvalue weighted by molar-refractivity contribution is 5.66. The average Bonchev–Trinajstić information content (AvgIpc) is 2.93. The second-order valence-electron chi connectivity index (χ2n) is 4.79. The van der Waals surface area contributed by atoms with Gasteiger partial charge in [-0.2, -0.15) is 0 Å². The van der Waals surface area contributed by atoms with Gasteiger partial charge in [0.2, 0.25) is 11.8 Å². The molecule has 1 heterocycles. The van der Waals surface area contributed by atoms with E-state index in [1.54, 1.807) is 7.11 Å². The summed E-state index contributed by atoms with van der Waals surface area (Å²) in [5, 5.41) is 16.6. The number of aromatic nitrogens is 2. The van der Waals surface area contributed by atoms with Gasteiger partial charge >= 0.3 is 5.97 Å². The molecule has 21 heavy (non-hydrogen) atoms. The zero-order valence-corrected chi connectivity index (χ0v) is 12.1. The van der Waals surface area contributed by atoms with Crippen LogP contribution in [0.25, 0.3) is 11.5 Å². The summed E-state index contributed by atoms with van der Waals surface area (Å²) in [5.74, 6) is 0.957. The minimum Gasteiger partial charge on any atom is -0.496 e. The Bertz CT molecular complexity index is 622. The first-order valence-electron chi connectivity index (χ1n) is 6.79. The predicted octanol–water partition coefficient (Wildman–Crippen LogP) is 2.85. The highest BCUT2D eigenvalue weighted by atomic mass is 16.5. The number of hydrogen-bond donors (Lipinski definition) is 1. The summed E-state index contributed by atoms with van der Waals surface area (Å²) in [6.07, 6.45) is 2.07. The van der Waals surface area contributed by atoms with Gasteiger partial charge in [-0.3, -0.25) is 4.79 Å². The van der Waals surface area contributed by atoms with Gasteiger partial charge in [-0.1, -0.05) is 6.07 Å². The van der Waals surface area contributed by atoms with Gasteiger partial charge in [0.1, 0.15) is 5.75 Å². The van der Waals surface area contributed by atoms with Crippen LogP contribution in [0.5, 0.6) is 5.75 Å². The quantitative estimate of drug-likeness (QED) is 0.789. The first-order chi connectivity index (χ1) is 10.1. The summed E-state index contributed by atoms with van der Waals surface area (Å²) in [5.41, 5.74) is 1.84. The second kappa shape index (κ2) is 6.88. The molecule has 0 radical (unpaired) electrons. The van der Waals surface area contributed by atoms with Crippen LogP contribution in [0, 0.1) is 6.92 Å². The van der Waals surface area contributed by atoms with Crippen LogP contribution in [0.15, 0.2) is 22.6 Å². The van der Waals surface area contributed by atoms with Crippen LogP contribution in [0.4, 0.5) is 0 Å². The maximum atomic E-state index is 10.4. The molecule has 112 valence electrons. The number of aliphatic carboxylic acids is 1. The number of unbranched alkanes of at least 4 members (excludes halogenated alkanes) is 1. The number of benzene rings is 1.